The number of hydrogen-bond donors (Lipinski definition) is 2. The van der Waals surface area contributed by atoms with Gasteiger partial charge in [0.2, 0.25) is 0 Å². The molecule has 1 amide bonds. The number of aliphatic imine (C=N–C) groups is 1. The standard InChI is InChI=1S/C10H10N2O4S.C6H4/c1-6(13)10(7-3-2-4-16-7)5-17-8(12-10)11-9(14)15;1-2-5-4-6(5)3-1/h2-4H,5H2,1H3,(H,11,12)(H,14,15);1-4H. The van der Waals surface area contributed by atoms with Gasteiger partial charge in [0.25, 0.3) is 0 Å². The summed E-state index contributed by atoms with van der Waals surface area (Å²) >= 11 is 1.18. The molecule has 0 saturated heterocycles. The Balaban J connectivity index is 0.000000213. The van der Waals surface area contributed by atoms with E-state index in [4.69, 9.17) is 9.52 Å². The van der Waals surface area contributed by atoms with Crippen LogP contribution in [0.4, 0.5) is 4.79 Å². The Morgan fingerprint density at radius 2 is 2.04 bits per heavy atom. The molecule has 1 aliphatic heterocycles. The molecule has 23 heavy (non-hydrogen) atoms. The second kappa shape index (κ2) is 5.92. The van der Waals surface area contributed by atoms with Gasteiger partial charge in [-0.15, -0.1) is 0 Å². The van der Waals surface area contributed by atoms with E-state index in [1.165, 1.54) is 36.1 Å². The first kappa shape index (κ1) is 15.4. The van der Waals surface area contributed by atoms with Crippen LogP contribution in [0, 0.1) is 0 Å². The minimum absolute atomic E-state index is 0.179. The summed E-state index contributed by atoms with van der Waals surface area (Å²) < 4.78 is 5.22. The maximum atomic E-state index is 11.7. The molecule has 2 N–H and O–H groups in total. The van der Waals surface area contributed by atoms with E-state index in [-0.39, 0.29) is 11.0 Å². The van der Waals surface area contributed by atoms with Crippen molar-refractivity contribution >= 4 is 28.8 Å². The number of thioether (sulfide) groups is 1. The molecule has 6 nitrogen and oxygen atoms in total. The zero-order chi connectivity index (χ0) is 16.4. The molecule has 2 heterocycles. The van der Waals surface area contributed by atoms with Gasteiger partial charge in [0.1, 0.15) is 5.76 Å². The topological polar surface area (TPSA) is 91.9 Å². The maximum Gasteiger partial charge on any atom is 0.410 e. The van der Waals surface area contributed by atoms with Gasteiger partial charge in [-0.25, -0.2) is 9.79 Å². The number of amidine groups is 1. The van der Waals surface area contributed by atoms with E-state index in [9.17, 15) is 9.59 Å². The lowest BCUT2D eigenvalue weighted by Crippen LogP contribution is -2.32. The molecule has 1 aromatic rings. The third kappa shape index (κ3) is 3.14. The summed E-state index contributed by atoms with van der Waals surface area (Å²) in [4.78, 5) is 26.4. The number of furan rings is 1. The smallest absolute Gasteiger partial charge is 0.410 e. The van der Waals surface area contributed by atoms with Gasteiger partial charge in [0.15, 0.2) is 16.5 Å². The third-order valence-electron chi connectivity index (χ3n) is 3.55. The number of carboxylic acid groups (broad SMARTS) is 1. The number of ketones is 1. The monoisotopic (exact) mass is 330 g/mol. The average molecular weight is 330 g/mol. The van der Waals surface area contributed by atoms with Gasteiger partial charge in [-0.1, -0.05) is 30.0 Å². The number of hydrogen-bond acceptors (Lipinski definition) is 5. The number of Topliss-reactive ketones (excluding diaryl/α,β-unsaturated/α-hetero) is 1. The van der Waals surface area contributed by atoms with Crippen LogP contribution in [-0.2, 0) is 10.3 Å². The summed E-state index contributed by atoms with van der Waals surface area (Å²) in [6, 6.07) is 11.8. The Labute approximate surface area is 136 Å². The molecule has 0 spiro atoms. The Morgan fingerprint density at radius 1 is 1.30 bits per heavy atom. The average Bonchev–Trinajstić information content (AvgIpc) is 3.00. The minimum atomic E-state index is -1.20. The van der Waals surface area contributed by atoms with Gasteiger partial charge >= 0.3 is 6.09 Å². The highest BCUT2D eigenvalue weighted by atomic mass is 32.2. The molecule has 0 bridgehead atoms. The Bertz CT molecular complexity index is 768. The minimum Gasteiger partial charge on any atom is -0.466 e. The third-order valence-corrected chi connectivity index (χ3v) is 4.58. The molecule has 0 saturated carbocycles. The summed E-state index contributed by atoms with van der Waals surface area (Å²) in [5.74, 6) is 0.590. The van der Waals surface area contributed by atoms with Gasteiger partial charge in [-0.3, -0.25) is 10.1 Å². The molecule has 0 fully saturated rings. The molecular weight excluding hydrogens is 316 g/mol. The highest BCUT2D eigenvalue weighted by Gasteiger charge is 2.44. The molecule has 3 aliphatic rings. The molecule has 118 valence electrons. The van der Waals surface area contributed by atoms with Crippen molar-refractivity contribution in [3.63, 3.8) is 0 Å². The van der Waals surface area contributed by atoms with Gasteiger partial charge < -0.3 is 9.52 Å². The van der Waals surface area contributed by atoms with Crippen molar-refractivity contribution in [3.8, 4) is 11.1 Å². The van der Waals surface area contributed by atoms with Gasteiger partial charge in [-0.2, -0.15) is 0 Å². The quantitative estimate of drug-likeness (QED) is 0.753. The fourth-order valence-electron chi connectivity index (χ4n) is 2.24. The maximum absolute atomic E-state index is 11.7. The van der Waals surface area contributed by atoms with E-state index in [1.807, 2.05) is 0 Å². The van der Waals surface area contributed by atoms with E-state index in [0.717, 1.165) is 0 Å². The fourth-order valence-corrected chi connectivity index (χ4v) is 3.37. The van der Waals surface area contributed by atoms with E-state index in [0.29, 0.717) is 11.5 Å². The first-order valence-corrected chi connectivity index (χ1v) is 7.88. The van der Waals surface area contributed by atoms with Gasteiger partial charge in [0.05, 0.1) is 6.26 Å². The van der Waals surface area contributed by atoms with Crippen LogP contribution in [0.2, 0.25) is 0 Å². The molecule has 1 unspecified atom stereocenters. The number of nitrogens with zero attached hydrogens (tertiary/aromatic N) is 1. The largest absolute Gasteiger partial charge is 0.466 e. The number of amides is 1. The van der Waals surface area contributed by atoms with Crippen LogP contribution in [0.1, 0.15) is 12.7 Å². The highest BCUT2D eigenvalue weighted by molar-refractivity contribution is 8.14. The van der Waals surface area contributed by atoms with Crippen molar-refractivity contribution in [3.05, 3.63) is 48.4 Å². The molecule has 7 heteroatoms. The van der Waals surface area contributed by atoms with Crippen molar-refractivity contribution in [2.45, 2.75) is 12.5 Å². The van der Waals surface area contributed by atoms with E-state index in [2.05, 4.69) is 34.6 Å². The first-order valence-electron chi connectivity index (χ1n) is 6.89. The first-order chi connectivity index (χ1) is 11.0. The van der Waals surface area contributed by atoms with Crippen LogP contribution >= 0.6 is 11.8 Å². The number of benzene rings is 1. The van der Waals surface area contributed by atoms with Crippen molar-refractivity contribution in [2.24, 2.45) is 4.99 Å². The molecule has 0 aromatic carbocycles. The van der Waals surface area contributed by atoms with Crippen molar-refractivity contribution in [1.82, 2.24) is 5.32 Å². The lowest BCUT2D eigenvalue weighted by atomic mass is 9.95. The van der Waals surface area contributed by atoms with Gasteiger partial charge in [0, 0.05) is 5.75 Å². The van der Waals surface area contributed by atoms with E-state index in [1.54, 1.807) is 12.1 Å². The second-order valence-corrected chi connectivity index (χ2v) is 6.07. The summed E-state index contributed by atoms with van der Waals surface area (Å²) in [6.07, 6.45) is 0.262. The van der Waals surface area contributed by atoms with Crippen molar-refractivity contribution in [2.75, 3.05) is 5.75 Å². The number of rotatable bonds is 2. The van der Waals surface area contributed by atoms with E-state index >= 15 is 0 Å². The number of fused-ring (bicyclic) bond motifs is 1. The lowest BCUT2D eigenvalue weighted by molar-refractivity contribution is -0.121. The summed E-state index contributed by atoms with van der Waals surface area (Å²) in [6.45, 7) is 1.41. The second-order valence-electron chi connectivity index (χ2n) is 5.11. The summed E-state index contributed by atoms with van der Waals surface area (Å²) in [5.41, 5.74) is 1.75. The Morgan fingerprint density at radius 3 is 2.48 bits per heavy atom. The molecule has 4 rings (SSSR count). The fraction of sp³-hybridized carbons (Fsp3) is 0.188. The summed E-state index contributed by atoms with van der Waals surface area (Å²) in [7, 11) is 0. The molecule has 1 aromatic heterocycles. The zero-order valence-corrected chi connectivity index (χ0v) is 13.1. The van der Waals surface area contributed by atoms with Crippen molar-refractivity contribution in [1.29, 1.82) is 0 Å². The molecular formula is C16H14N2O4S. The van der Waals surface area contributed by atoms with Crippen LogP contribution < -0.4 is 5.32 Å². The van der Waals surface area contributed by atoms with Crippen molar-refractivity contribution < 1.29 is 19.1 Å². The van der Waals surface area contributed by atoms with E-state index < -0.39 is 11.6 Å². The predicted octanol–water partition coefficient (Wildman–Crippen LogP) is 3.10. The van der Waals surface area contributed by atoms with Crippen LogP contribution in [0.15, 0.2) is 52.1 Å². The molecule has 1 atom stereocenters. The Kier molecular flexibility index (Phi) is 3.96. The number of carbonyl (C=O) groups is 2. The number of carbonyl (C=O) groups excluding carboxylic acids is 1. The molecule has 2 aliphatic carbocycles. The highest BCUT2D eigenvalue weighted by Crippen LogP contribution is 2.37. The van der Waals surface area contributed by atoms with Crippen LogP contribution in [0.25, 0.3) is 11.1 Å². The Hall–Kier alpha value is -2.54. The SMILES string of the molecule is CC(=O)C1(c2ccco2)CSC(NC(=O)O)=N1.c1cc2cc-2c1. The van der Waals surface area contributed by atoms with Gasteiger partial charge in [-0.05, 0) is 36.2 Å². The zero-order valence-electron chi connectivity index (χ0n) is 12.3. The lowest BCUT2D eigenvalue weighted by Gasteiger charge is -2.18. The van der Waals surface area contributed by atoms with Crippen LogP contribution in [-0.4, -0.2) is 27.9 Å². The normalized spacial score (nSPS) is 20.1. The van der Waals surface area contributed by atoms with Crippen LogP contribution in [0.3, 0.4) is 0 Å². The summed E-state index contributed by atoms with van der Waals surface area (Å²) in [5, 5.41) is 11.0. The van der Waals surface area contributed by atoms with Crippen LogP contribution in [0.5, 0.6) is 0 Å². The predicted molar refractivity (Wildman–Crippen MR) is 87.6 cm³/mol. The number of nitrogens with one attached hydrogen (secondary N) is 1. The molecule has 0 radical (unpaired) electrons.